The largest absolute Gasteiger partial charge is 0.322 e. The number of hydrogen-bond donors (Lipinski definition) is 1. The number of aromatic nitrogens is 2. The molecule has 0 bridgehead atoms. The van der Waals surface area contributed by atoms with Gasteiger partial charge in [-0.2, -0.15) is 0 Å². The molecule has 2 aromatic heterocycles. The highest BCUT2D eigenvalue weighted by Crippen LogP contribution is 2.26. The molecule has 0 unspecified atom stereocenters. The molecule has 7 heteroatoms. The Hall–Kier alpha value is -2.34. The van der Waals surface area contributed by atoms with Gasteiger partial charge in [0.25, 0.3) is 5.91 Å². The summed E-state index contributed by atoms with van der Waals surface area (Å²) in [4.78, 5) is 18.0. The fourth-order valence-electron chi connectivity index (χ4n) is 2.63. The number of carbonyl (C=O) groups excluding carboxylic acids is 1. The number of aryl methyl sites for hydroxylation is 1. The number of rotatable bonds is 3. The van der Waals surface area contributed by atoms with E-state index in [1.54, 1.807) is 29.5 Å². The first-order valence-corrected chi connectivity index (χ1v) is 9.45. The molecule has 2 aromatic carbocycles. The number of amides is 1. The minimum Gasteiger partial charge on any atom is -0.322 e. The van der Waals surface area contributed by atoms with Crippen molar-refractivity contribution in [1.82, 2.24) is 9.38 Å². The zero-order valence-electron chi connectivity index (χ0n) is 13.7. The molecule has 0 saturated heterocycles. The Morgan fingerprint density at radius 2 is 1.92 bits per heavy atom. The maximum atomic E-state index is 12.4. The maximum absolute atomic E-state index is 12.4. The van der Waals surface area contributed by atoms with Crippen LogP contribution in [0.5, 0.6) is 0 Å². The Labute approximate surface area is 164 Å². The number of imidazole rings is 1. The van der Waals surface area contributed by atoms with Crippen LogP contribution in [0.25, 0.3) is 16.2 Å². The molecule has 4 aromatic rings. The molecule has 0 fully saturated rings. The van der Waals surface area contributed by atoms with Gasteiger partial charge in [0.1, 0.15) is 0 Å². The molecule has 0 aliphatic rings. The Bertz CT molecular complexity index is 1120. The zero-order chi connectivity index (χ0) is 18.3. The Morgan fingerprint density at radius 1 is 1.15 bits per heavy atom. The van der Waals surface area contributed by atoms with Crippen molar-refractivity contribution in [2.45, 2.75) is 6.92 Å². The molecule has 4 rings (SSSR count). The van der Waals surface area contributed by atoms with Gasteiger partial charge in [0.2, 0.25) is 0 Å². The second kappa shape index (κ2) is 6.76. The van der Waals surface area contributed by atoms with E-state index in [2.05, 4.69) is 27.0 Å². The van der Waals surface area contributed by atoms with Gasteiger partial charge in [-0.25, -0.2) is 4.98 Å². The van der Waals surface area contributed by atoms with Gasteiger partial charge < -0.3 is 5.32 Å². The maximum Gasteiger partial charge on any atom is 0.257 e. The number of benzene rings is 2. The van der Waals surface area contributed by atoms with E-state index in [1.807, 2.05) is 30.5 Å². The highest BCUT2D eigenvalue weighted by Gasteiger charge is 2.12. The van der Waals surface area contributed by atoms with Crippen LogP contribution in [0.3, 0.4) is 0 Å². The summed E-state index contributed by atoms with van der Waals surface area (Å²) in [5, 5.41) is 5.73. The van der Waals surface area contributed by atoms with Crippen molar-refractivity contribution in [3.63, 3.8) is 0 Å². The fourth-order valence-corrected chi connectivity index (χ4v) is 3.97. The third kappa shape index (κ3) is 3.21. The van der Waals surface area contributed by atoms with E-state index in [-0.39, 0.29) is 5.91 Å². The third-order valence-electron chi connectivity index (χ3n) is 4.00. The molecular formula is C19H13Cl2N3OS. The van der Waals surface area contributed by atoms with Crippen LogP contribution in [0.2, 0.25) is 10.0 Å². The SMILES string of the molecule is Cc1csc2nc(-c3ccc(NC(=O)c4ccc(Cl)cc4Cl)cc3)cn12. The predicted molar refractivity (Wildman–Crippen MR) is 108 cm³/mol. The molecule has 26 heavy (non-hydrogen) atoms. The Balaban J connectivity index is 1.54. The summed E-state index contributed by atoms with van der Waals surface area (Å²) in [6.45, 7) is 2.05. The van der Waals surface area contributed by atoms with Crippen LogP contribution in [0, 0.1) is 6.92 Å². The van der Waals surface area contributed by atoms with Gasteiger partial charge >= 0.3 is 0 Å². The van der Waals surface area contributed by atoms with Crippen LogP contribution >= 0.6 is 34.5 Å². The topological polar surface area (TPSA) is 46.4 Å². The summed E-state index contributed by atoms with van der Waals surface area (Å²) in [6.07, 6.45) is 2.02. The van der Waals surface area contributed by atoms with Crippen molar-refractivity contribution in [2.75, 3.05) is 5.32 Å². The lowest BCUT2D eigenvalue weighted by molar-refractivity contribution is 0.102. The van der Waals surface area contributed by atoms with E-state index in [0.717, 1.165) is 21.9 Å². The van der Waals surface area contributed by atoms with Gasteiger partial charge in [0.05, 0.1) is 16.3 Å². The number of nitrogens with zero attached hydrogens (tertiary/aromatic N) is 2. The minimum atomic E-state index is -0.280. The van der Waals surface area contributed by atoms with Crippen LogP contribution in [0.4, 0.5) is 5.69 Å². The summed E-state index contributed by atoms with van der Waals surface area (Å²) in [6, 6.07) is 12.3. The lowest BCUT2D eigenvalue weighted by Gasteiger charge is -2.07. The molecule has 0 aliphatic heterocycles. The van der Waals surface area contributed by atoms with Crippen molar-refractivity contribution < 1.29 is 4.79 Å². The van der Waals surface area contributed by atoms with Crippen LogP contribution in [-0.4, -0.2) is 15.3 Å². The molecule has 0 spiro atoms. The quantitative estimate of drug-likeness (QED) is 0.462. The van der Waals surface area contributed by atoms with Crippen LogP contribution < -0.4 is 5.32 Å². The van der Waals surface area contributed by atoms with Gasteiger partial charge in [-0.05, 0) is 37.3 Å². The summed E-state index contributed by atoms with van der Waals surface area (Å²) < 4.78 is 2.07. The van der Waals surface area contributed by atoms with E-state index >= 15 is 0 Å². The van der Waals surface area contributed by atoms with E-state index in [0.29, 0.717) is 21.3 Å². The van der Waals surface area contributed by atoms with Crippen LogP contribution in [-0.2, 0) is 0 Å². The van der Waals surface area contributed by atoms with E-state index < -0.39 is 0 Å². The number of halogens is 2. The van der Waals surface area contributed by atoms with E-state index in [1.165, 1.54) is 0 Å². The predicted octanol–water partition coefficient (Wildman–Crippen LogP) is 5.93. The first kappa shape index (κ1) is 17.1. The van der Waals surface area contributed by atoms with Crippen molar-refractivity contribution in [3.8, 4) is 11.3 Å². The number of fused-ring (bicyclic) bond motifs is 1. The molecule has 0 saturated carbocycles. The lowest BCUT2D eigenvalue weighted by Crippen LogP contribution is -2.12. The number of nitrogens with one attached hydrogen (secondary N) is 1. The molecule has 4 nitrogen and oxygen atoms in total. The molecule has 2 heterocycles. The summed E-state index contributed by atoms with van der Waals surface area (Å²) in [5.41, 5.74) is 4.11. The van der Waals surface area contributed by atoms with Crippen molar-refractivity contribution >= 4 is 51.1 Å². The van der Waals surface area contributed by atoms with Crippen LogP contribution in [0.1, 0.15) is 16.1 Å². The first-order chi connectivity index (χ1) is 12.5. The van der Waals surface area contributed by atoms with Gasteiger partial charge in [0.15, 0.2) is 4.96 Å². The van der Waals surface area contributed by atoms with E-state index in [4.69, 9.17) is 23.2 Å². The summed E-state index contributed by atoms with van der Waals surface area (Å²) in [5.74, 6) is -0.280. The van der Waals surface area contributed by atoms with Crippen molar-refractivity contribution in [3.05, 3.63) is 75.3 Å². The number of thiazole rings is 1. The average molecular weight is 402 g/mol. The van der Waals surface area contributed by atoms with Gasteiger partial charge in [-0.1, -0.05) is 35.3 Å². The van der Waals surface area contributed by atoms with Gasteiger partial charge in [-0.15, -0.1) is 11.3 Å². The molecule has 130 valence electrons. The monoisotopic (exact) mass is 401 g/mol. The fraction of sp³-hybridized carbons (Fsp3) is 0.0526. The molecule has 1 N–H and O–H groups in total. The molecule has 1 amide bonds. The molecule has 0 atom stereocenters. The summed E-state index contributed by atoms with van der Waals surface area (Å²) >= 11 is 13.6. The molecule has 0 radical (unpaired) electrons. The molecule has 0 aliphatic carbocycles. The third-order valence-corrected chi connectivity index (χ3v) is 5.51. The zero-order valence-corrected chi connectivity index (χ0v) is 16.0. The number of hydrogen-bond acceptors (Lipinski definition) is 3. The van der Waals surface area contributed by atoms with Crippen LogP contribution in [0.15, 0.2) is 54.0 Å². The smallest absolute Gasteiger partial charge is 0.257 e. The normalized spacial score (nSPS) is 11.0. The van der Waals surface area contributed by atoms with Crippen molar-refractivity contribution in [1.29, 1.82) is 0 Å². The number of anilines is 1. The first-order valence-electron chi connectivity index (χ1n) is 7.81. The van der Waals surface area contributed by atoms with E-state index in [9.17, 15) is 4.79 Å². The van der Waals surface area contributed by atoms with Gasteiger partial charge in [-0.3, -0.25) is 9.20 Å². The minimum absolute atomic E-state index is 0.280. The second-order valence-corrected chi connectivity index (χ2v) is 7.49. The second-order valence-electron chi connectivity index (χ2n) is 5.81. The lowest BCUT2D eigenvalue weighted by atomic mass is 10.1. The highest BCUT2D eigenvalue weighted by molar-refractivity contribution is 7.15. The standard InChI is InChI=1S/C19H13Cl2N3OS/c1-11-10-26-19-23-17(9-24(11)19)12-2-5-14(6-3-12)22-18(25)15-7-4-13(20)8-16(15)21/h2-10H,1H3,(H,22,25). The average Bonchev–Trinajstić information content (AvgIpc) is 3.18. The highest BCUT2D eigenvalue weighted by atomic mass is 35.5. The van der Waals surface area contributed by atoms with Crippen molar-refractivity contribution in [2.24, 2.45) is 0 Å². The Morgan fingerprint density at radius 3 is 2.62 bits per heavy atom. The van der Waals surface area contributed by atoms with Gasteiger partial charge in [0, 0.05) is 33.5 Å². The number of carbonyl (C=O) groups is 1. The summed E-state index contributed by atoms with van der Waals surface area (Å²) in [7, 11) is 0. The molecular weight excluding hydrogens is 389 g/mol. The Kier molecular flexibility index (Phi) is 4.44.